The molecule has 0 N–H and O–H groups in total. The maximum atomic E-state index is 12.9. The van der Waals surface area contributed by atoms with E-state index in [9.17, 15) is 4.79 Å². The van der Waals surface area contributed by atoms with Crippen molar-refractivity contribution in [1.29, 1.82) is 0 Å². The van der Waals surface area contributed by atoms with Crippen LogP contribution >= 0.6 is 0 Å². The van der Waals surface area contributed by atoms with E-state index in [0.29, 0.717) is 6.42 Å². The van der Waals surface area contributed by atoms with Crippen LogP contribution in [0.2, 0.25) is 0 Å². The van der Waals surface area contributed by atoms with Gasteiger partial charge in [0.25, 0.3) is 0 Å². The van der Waals surface area contributed by atoms with E-state index < -0.39 is 0 Å². The number of anilines is 1. The van der Waals surface area contributed by atoms with Crippen LogP contribution in [0.4, 0.5) is 5.95 Å². The Bertz CT molecular complexity index is 999. The molecule has 1 fully saturated rings. The Labute approximate surface area is 183 Å². The zero-order valence-electron chi connectivity index (χ0n) is 17.7. The van der Waals surface area contributed by atoms with Crippen LogP contribution in [0.15, 0.2) is 67.0 Å². The fourth-order valence-corrected chi connectivity index (χ4v) is 4.56. The average Bonchev–Trinajstić information content (AvgIpc) is 3.00. The first-order valence-electron chi connectivity index (χ1n) is 11.0. The minimum absolute atomic E-state index is 0.236. The van der Waals surface area contributed by atoms with E-state index in [2.05, 4.69) is 68.3 Å². The van der Waals surface area contributed by atoms with Gasteiger partial charge in [-0.05, 0) is 28.3 Å². The quantitative estimate of drug-likeness (QED) is 0.658. The fourth-order valence-electron chi connectivity index (χ4n) is 4.56. The molecule has 0 unspecified atom stereocenters. The smallest absolute Gasteiger partial charge is 0.225 e. The number of hydrogen-bond acceptors (Lipinski definition) is 5. The van der Waals surface area contributed by atoms with E-state index in [0.717, 1.165) is 51.8 Å². The molecule has 2 aliphatic heterocycles. The highest BCUT2D eigenvalue weighted by Crippen LogP contribution is 2.32. The predicted octanol–water partition coefficient (Wildman–Crippen LogP) is 3.20. The standard InChI is InChI=1S/C25H27N5O/c31-24(29-14-16-30(17-15-29)25-26-11-5-12-27-25)10-13-28-18-20-6-1-3-8-22(20)23-9-4-2-7-21(23)19-28/h1-9,11-12H,10,13-19H2. The Hall–Kier alpha value is -3.25. The van der Waals surface area contributed by atoms with Crippen molar-refractivity contribution in [3.8, 4) is 11.1 Å². The van der Waals surface area contributed by atoms with E-state index in [-0.39, 0.29) is 5.91 Å². The fraction of sp³-hybridized carbons (Fsp3) is 0.320. The molecule has 3 aromatic rings. The Morgan fingerprint density at radius 1 is 0.774 bits per heavy atom. The summed E-state index contributed by atoms with van der Waals surface area (Å²) in [4.78, 5) is 28.1. The number of hydrogen-bond donors (Lipinski definition) is 0. The van der Waals surface area contributed by atoms with E-state index in [1.165, 1.54) is 22.3 Å². The van der Waals surface area contributed by atoms with E-state index in [1.54, 1.807) is 12.4 Å². The molecule has 0 atom stereocenters. The molecule has 1 amide bonds. The van der Waals surface area contributed by atoms with Gasteiger partial charge in [0.1, 0.15) is 0 Å². The molecule has 0 bridgehead atoms. The summed E-state index contributed by atoms with van der Waals surface area (Å²) in [5, 5.41) is 0. The van der Waals surface area contributed by atoms with Crippen molar-refractivity contribution in [2.45, 2.75) is 19.5 Å². The van der Waals surface area contributed by atoms with Gasteiger partial charge < -0.3 is 9.80 Å². The molecule has 1 aromatic heterocycles. The lowest BCUT2D eigenvalue weighted by Gasteiger charge is -2.35. The number of amides is 1. The monoisotopic (exact) mass is 413 g/mol. The van der Waals surface area contributed by atoms with Gasteiger partial charge in [-0.3, -0.25) is 9.69 Å². The van der Waals surface area contributed by atoms with Crippen LogP contribution in [0.3, 0.4) is 0 Å². The molecule has 3 heterocycles. The van der Waals surface area contributed by atoms with Gasteiger partial charge in [0.05, 0.1) is 0 Å². The summed E-state index contributed by atoms with van der Waals surface area (Å²) in [5.41, 5.74) is 5.28. The number of nitrogens with zero attached hydrogens (tertiary/aromatic N) is 5. The minimum atomic E-state index is 0.236. The lowest BCUT2D eigenvalue weighted by Crippen LogP contribution is -2.49. The molecule has 6 nitrogen and oxygen atoms in total. The van der Waals surface area contributed by atoms with Crippen molar-refractivity contribution in [2.75, 3.05) is 37.6 Å². The number of carbonyl (C=O) groups is 1. The second kappa shape index (κ2) is 8.86. The van der Waals surface area contributed by atoms with Gasteiger partial charge in [-0.2, -0.15) is 0 Å². The number of piperazine rings is 1. The number of rotatable bonds is 4. The summed E-state index contributed by atoms with van der Waals surface area (Å²) in [6.45, 7) is 5.52. The number of fused-ring (bicyclic) bond motifs is 3. The average molecular weight is 414 g/mol. The van der Waals surface area contributed by atoms with E-state index >= 15 is 0 Å². The predicted molar refractivity (Wildman–Crippen MR) is 121 cm³/mol. The summed E-state index contributed by atoms with van der Waals surface area (Å²) < 4.78 is 0. The van der Waals surface area contributed by atoms with Crippen molar-refractivity contribution in [3.05, 3.63) is 78.1 Å². The molecule has 0 radical (unpaired) electrons. The molecule has 5 rings (SSSR count). The van der Waals surface area contributed by atoms with Crippen molar-refractivity contribution in [2.24, 2.45) is 0 Å². The second-order valence-electron chi connectivity index (χ2n) is 8.19. The highest BCUT2D eigenvalue weighted by molar-refractivity contribution is 5.77. The molecule has 1 saturated heterocycles. The molecule has 2 aliphatic rings. The van der Waals surface area contributed by atoms with Crippen molar-refractivity contribution >= 4 is 11.9 Å². The van der Waals surface area contributed by atoms with E-state index in [1.807, 2.05) is 11.0 Å². The van der Waals surface area contributed by atoms with Crippen LogP contribution in [0, 0.1) is 0 Å². The van der Waals surface area contributed by atoms with Crippen molar-refractivity contribution < 1.29 is 4.79 Å². The van der Waals surface area contributed by atoms with Gasteiger partial charge in [0.2, 0.25) is 11.9 Å². The first-order chi connectivity index (χ1) is 15.3. The Balaban J connectivity index is 1.20. The van der Waals surface area contributed by atoms with Gasteiger partial charge in [0, 0.05) is 64.6 Å². The summed E-state index contributed by atoms with van der Waals surface area (Å²) in [6.07, 6.45) is 4.07. The Morgan fingerprint density at radius 3 is 1.97 bits per heavy atom. The highest BCUT2D eigenvalue weighted by atomic mass is 16.2. The maximum absolute atomic E-state index is 12.9. The SMILES string of the molecule is O=C(CCN1Cc2ccccc2-c2ccccc2C1)N1CCN(c2ncccn2)CC1. The van der Waals surface area contributed by atoms with Gasteiger partial charge in [-0.1, -0.05) is 48.5 Å². The van der Waals surface area contributed by atoms with Crippen LogP contribution in [0.5, 0.6) is 0 Å². The third-order valence-corrected chi connectivity index (χ3v) is 6.22. The molecule has 0 spiro atoms. The molecule has 31 heavy (non-hydrogen) atoms. The lowest BCUT2D eigenvalue weighted by molar-refractivity contribution is -0.131. The number of benzene rings is 2. The number of carbonyl (C=O) groups excluding carboxylic acids is 1. The zero-order valence-corrected chi connectivity index (χ0v) is 17.7. The van der Waals surface area contributed by atoms with Gasteiger partial charge in [0.15, 0.2) is 0 Å². The second-order valence-corrected chi connectivity index (χ2v) is 8.19. The maximum Gasteiger partial charge on any atom is 0.225 e. The van der Waals surface area contributed by atoms with Gasteiger partial charge in [-0.25, -0.2) is 9.97 Å². The molecule has 158 valence electrons. The summed E-state index contributed by atoms with van der Waals surface area (Å²) in [6, 6.07) is 19.1. The molecule has 0 saturated carbocycles. The van der Waals surface area contributed by atoms with Crippen LogP contribution in [-0.4, -0.2) is 58.4 Å². The number of aromatic nitrogens is 2. The third-order valence-electron chi connectivity index (χ3n) is 6.22. The summed E-state index contributed by atoms with van der Waals surface area (Å²) >= 11 is 0. The molecule has 6 heteroatoms. The van der Waals surface area contributed by atoms with Gasteiger partial charge >= 0.3 is 0 Å². The molecular formula is C25H27N5O. The summed E-state index contributed by atoms with van der Waals surface area (Å²) in [7, 11) is 0. The highest BCUT2D eigenvalue weighted by Gasteiger charge is 2.24. The largest absolute Gasteiger partial charge is 0.339 e. The Kier molecular flexibility index (Phi) is 5.63. The van der Waals surface area contributed by atoms with Crippen molar-refractivity contribution in [1.82, 2.24) is 19.8 Å². The lowest BCUT2D eigenvalue weighted by atomic mass is 9.97. The normalized spacial score (nSPS) is 16.4. The van der Waals surface area contributed by atoms with Crippen LogP contribution in [-0.2, 0) is 17.9 Å². The van der Waals surface area contributed by atoms with Crippen LogP contribution in [0.1, 0.15) is 17.5 Å². The topological polar surface area (TPSA) is 52.6 Å². The van der Waals surface area contributed by atoms with Crippen LogP contribution < -0.4 is 4.90 Å². The first kappa shape index (κ1) is 19.7. The van der Waals surface area contributed by atoms with E-state index in [4.69, 9.17) is 0 Å². The molecule has 0 aliphatic carbocycles. The Morgan fingerprint density at radius 2 is 1.35 bits per heavy atom. The van der Waals surface area contributed by atoms with Crippen LogP contribution in [0.25, 0.3) is 11.1 Å². The molecule has 2 aromatic carbocycles. The van der Waals surface area contributed by atoms with Crippen molar-refractivity contribution in [3.63, 3.8) is 0 Å². The minimum Gasteiger partial charge on any atom is -0.339 e. The summed E-state index contributed by atoms with van der Waals surface area (Å²) in [5.74, 6) is 0.982. The first-order valence-corrected chi connectivity index (χ1v) is 11.0. The van der Waals surface area contributed by atoms with Gasteiger partial charge in [-0.15, -0.1) is 0 Å². The molecular weight excluding hydrogens is 386 g/mol. The third kappa shape index (κ3) is 4.30. The zero-order chi connectivity index (χ0) is 21.0.